The molecule has 0 aliphatic heterocycles. The van der Waals surface area contributed by atoms with Crippen molar-refractivity contribution in [2.24, 2.45) is 0 Å². The summed E-state index contributed by atoms with van der Waals surface area (Å²) in [6.45, 7) is 2.63. The van der Waals surface area contributed by atoms with Crippen LogP contribution >= 0.6 is 0 Å². The lowest BCUT2D eigenvalue weighted by molar-refractivity contribution is 0.133. The summed E-state index contributed by atoms with van der Waals surface area (Å²) < 4.78 is 59.1. The maximum Gasteiger partial charge on any atom is 0.246 e. The zero-order valence-corrected chi connectivity index (χ0v) is 13.4. The Bertz CT molecular complexity index is 758. The first-order chi connectivity index (χ1) is 11.0. The quantitative estimate of drug-likeness (QED) is 0.842. The van der Waals surface area contributed by atoms with Crippen molar-refractivity contribution in [2.75, 3.05) is 6.61 Å². The lowest BCUT2D eigenvalue weighted by atomic mass is 10.1. The van der Waals surface area contributed by atoms with Gasteiger partial charge in [0.05, 0.1) is 6.61 Å². The summed E-state index contributed by atoms with van der Waals surface area (Å²) in [6, 6.07) is 10.0. The molecule has 0 spiro atoms. The Balaban J connectivity index is 2.20. The first-order valence-electron chi connectivity index (χ1n) is 7.04. The molecule has 1 N–H and O–H groups in total. The summed E-state index contributed by atoms with van der Waals surface area (Å²) in [7, 11) is -4.30. The van der Waals surface area contributed by atoms with E-state index in [4.69, 9.17) is 4.74 Å². The molecule has 0 aliphatic rings. The summed E-state index contributed by atoms with van der Waals surface area (Å²) in [5, 5.41) is 0. The van der Waals surface area contributed by atoms with Crippen LogP contribution in [-0.2, 0) is 27.9 Å². The van der Waals surface area contributed by atoms with Gasteiger partial charge in [0, 0.05) is 13.2 Å². The molecule has 0 atom stereocenters. The second kappa shape index (κ2) is 7.63. The molecule has 0 aliphatic carbocycles. The Morgan fingerprint density at radius 1 is 1.00 bits per heavy atom. The van der Waals surface area contributed by atoms with E-state index in [2.05, 4.69) is 4.72 Å². The van der Waals surface area contributed by atoms with Crippen molar-refractivity contribution >= 4 is 10.0 Å². The Kier molecular flexibility index (Phi) is 5.81. The third-order valence-electron chi connectivity index (χ3n) is 3.22. The third-order valence-corrected chi connectivity index (χ3v) is 4.67. The predicted octanol–water partition coefficient (Wildman–Crippen LogP) is 2.98. The number of nitrogens with one attached hydrogen (secondary N) is 1. The Labute approximate surface area is 134 Å². The number of rotatable bonds is 7. The zero-order chi connectivity index (χ0) is 16.9. The summed E-state index contributed by atoms with van der Waals surface area (Å²) >= 11 is 0. The van der Waals surface area contributed by atoms with Crippen molar-refractivity contribution in [1.29, 1.82) is 0 Å². The summed E-state index contributed by atoms with van der Waals surface area (Å²) in [4.78, 5) is -0.970. The van der Waals surface area contributed by atoms with Crippen LogP contribution in [0.3, 0.4) is 0 Å². The van der Waals surface area contributed by atoms with Gasteiger partial charge in [-0.2, -0.15) is 0 Å². The van der Waals surface area contributed by atoms with Crippen molar-refractivity contribution in [3.8, 4) is 0 Å². The van der Waals surface area contributed by atoms with E-state index in [-0.39, 0.29) is 6.54 Å². The average Bonchev–Trinajstić information content (AvgIpc) is 2.51. The number of halogens is 2. The number of ether oxygens (including phenoxy) is 1. The predicted molar refractivity (Wildman–Crippen MR) is 82.2 cm³/mol. The smallest absolute Gasteiger partial charge is 0.246 e. The van der Waals surface area contributed by atoms with Crippen LogP contribution in [0, 0.1) is 11.6 Å². The number of benzene rings is 2. The molecule has 4 nitrogen and oxygen atoms in total. The minimum atomic E-state index is -4.30. The van der Waals surface area contributed by atoms with Gasteiger partial charge in [-0.05, 0) is 30.2 Å². The van der Waals surface area contributed by atoms with Gasteiger partial charge in [-0.1, -0.05) is 30.3 Å². The molecule has 2 aromatic carbocycles. The minimum absolute atomic E-state index is 0.0840. The molecule has 0 fully saturated rings. The van der Waals surface area contributed by atoms with E-state index in [1.165, 1.54) is 0 Å². The summed E-state index contributed by atoms with van der Waals surface area (Å²) in [5.74, 6) is -2.25. The van der Waals surface area contributed by atoms with Crippen molar-refractivity contribution in [1.82, 2.24) is 4.72 Å². The molecular weight excluding hydrogens is 324 g/mol. The number of sulfonamides is 1. The molecule has 23 heavy (non-hydrogen) atoms. The first-order valence-corrected chi connectivity index (χ1v) is 8.52. The standard InChI is InChI=1S/C16H17F2NO3S/c1-2-22-11-13-7-4-3-6-12(13)10-19-23(20,21)16-14(17)8-5-9-15(16)18/h3-9,19H,2,10-11H2,1H3. The highest BCUT2D eigenvalue weighted by Crippen LogP contribution is 2.19. The molecule has 0 amide bonds. The van der Waals surface area contributed by atoms with E-state index < -0.39 is 26.6 Å². The van der Waals surface area contributed by atoms with E-state index in [1.807, 2.05) is 19.1 Å². The first kappa shape index (κ1) is 17.5. The number of hydrogen-bond donors (Lipinski definition) is 1. The van der Waals surface area contributed by atoms with Crippen LogP contribution in [-0.4, -0.2) is 15.0 Å². The molecule has 0 saturated carbocycles. The Morgan fingerprint density at radius 3 is 2.22 bits per heavy atom. The summed E-state index contributed by atoms with van der Waals surface area (Å²) in [6.07, 6.45) is 0. The van der Waals surface area contributed by atoms with E-state index in [1.54, 1.807) is 12.1 Å². The van der Waals surface area contributed by atoms with Crippen molar-refractivity contribution < 1.29 is 21.9 Å². The minimum Gasteiger partial charge on any atom is -0.377 e. The van der Waals surface area contributed by atoms with Gasteiger partial charge in [0.2, 0.25) is 10.0 Å². The van der Waals surface area contributed by atoms with E-state index >= 15 is 0 Å². The van der Waals surface area contributed by atoms with Crippen molar-refractivity contribution in [3.05, 3.63) is 65.2 Å². The van der Waals surface area contributed by atoms with Crippen LogP contribution in [0.1, 0.15) is 18.1 Å². The highest BCUT2D eigenvalue weighted by Gasteiger charge is 2.23. The molecule has 0 saturated heterocycles. The summed E-state index contributed by atoms with van der Waals surface area (Å²) in [5.41, 5.74) is 1.49. The van der Waals surface area contributed by atoms with Gasteiger partial charge in [0.25, 0.3) is 0 Å². The van der Waals surface area contributed by atoms with E-state index in [0.717, 1.165) is 23.8 Å². The molecule has 0 bridgehead atoms. The highest BCUT2D eigenvalue weighted by atomic mass is 32.2. The molecule has 0 aromatic heterocycles. The van der Waals surface area contributed by atoms with Crippen molar-refractivity contribution in [2.45, 2.75) is 25.0 Å². The monoisotopic (exact) mass is 341 g/mol. The largest absolute Gasteiger partial charge is 0.377 e. The van der Waals surface area contributed by atoms with Crippen LogP contribution in [0.25, 0.3) is 0 Å². The molecule has 0 heterocycles. The normalized spacial score (nSPS) is 11.6. The third kappa shape index (κ3) is 4.34. The maximum atomic E-state index is 13.6. The zero-order valence-electron chi connectivity index (χ0n) is 12.6. The van der Waals surface area contributed by atoms with Crippen LogP contribution < -0.4 is 4.72 Å². The van der Waals surface area contributed by atoms with Crippen molar-refractivity contribution in [3.63, 3.8) is 0 Å². The average molecular weight is 341 g/mol. The fourth-order valence-electron chi connectivity index (χ4n) is 2.07. The second-order valence-electron chi connectivity index (χ2n) is 4.78. The SMILES string of the molecule is CCOCc1ccccc1CNS(=O)(=O)c1c(F)cccc1F. The van der Waals surface area contributed by atoms with Crippen LogP contribution in [0.4, 0.5) is 8.78 Å². The molecule has 0 unspecified atom stereocenters. The van der Waals surface area contributed by atoms with Crippen LogP contribution in [0.15, 0.2) is 47.4 Å². The lowest BCUT2D eigenvalue weighted by Gasteiger charge is -2.12. The fraction of sp³-hybridized carbons (Fsp3) is 0.250. The Hall–Kier alpha value is -1.83. The topological polar surface area (TPSA) is 55.4 Å². The molecule has 2 aromatic rings. The molecular formula is C16H17F2NO3S. The molecule has 0 radical (unpaired) electrons. The van der Waals surface area contributed by atoms with Gasteiger partial charge in [-0.25, -0.2) is 21.9 Å². The van der Waals surface area contributed by atoms with E-state index in [9.17, 15) is 17.2 Å². The highest BCUT2D eigenvalue weighted by molar-refractivity contribution is 7.89. The Morgan fingerprint density at radius 2 is 1.61 bits per heavy atom. The van der Waals surface area contributed by atoms with Gasteiger partial charge < -0.3 is 4.74 Å². The van der Waals surface area contributed by atoms with Crippen LogP contribution in [0.2, 0.25) is 0 Å². The molecule has 124 valence electrons. The maximum absolute atomic E-state index is 13.6. The van der Waals surface area contributed by atoms with Gasteiger partial charge >= 0.3 is 0 Å². The molecule has 2 rings (SSSR count). The van der Waals surface area contributed by atoms with Gasteiger partial charge in [0.1, 0.15) is 11.6 Å². The van der Waals surface area contributed by atoms with Crippen LogP contribution in [0.5, 0.6) is 0 Å². The van der Waals surface area contributed by atoms with Gasteiger partial charge in [0.15, 0.2) is 4.90 Å². The second-order valence-corrected chi connectivity index (χ2v) is 6.48. The van der Waals surface area contributed by atoms with Gasteiger partial charge in [-0.15, -0.1) is 0 Å². The molecule has 7 heteroatoms. The number of hydrogen-bond acceptors (Lipinski definition) is 3. The lowest BCUT2D eigenvalue weighted by Crippen LogP contribution is -2.25. The van der Waals surface area contributed by atoms with E-state index in [0.29, 0.717) is 18.8 Å². The fourth-order valence-corrected chi connectivity index (χ4v) is 3.21. The van der Waals surface area contributed by atoms with Gasteiger partial charge in [-0.3, -0.25) is 0 Å².